The van der Waals surface area contributed by atoms with Gasteiger partial charge in [0.05, 0.1) is 24.4 Å². The van der Waals surface area contributed by atoms with Crippen molar-refractivity contribution in [2.75, 3.05) is 5.75 Å². The number of amides is 1. The van der Waals surface area contributed by atoms with Gasteiger partial charge in [-0.05, 0) is 52.1 Å². The molecule has 0 saturated carbocycles. The summed E-state index contributed by atoms with van der Waals surface area (Å²) in [6.45, 7) is -0.394. The highest BCUT2D eigenvalue weighted by Gasteiger charge is 2.33. The van der Waals surface area contributed by atoms with Gasteiger partial charge in [-0.25, -0.2) is 31.7 Å². The van der Waals surface area contributed by atoms with Gasteiger partial charge in [-0.2, -0.15) is 0 Å². The summed E-state index contributed by atoms with van der Waals surface area (Å²) in [7, 11) is 0. The lowest BCUT2D eigenvalue weighted by molar-refractivity contribution is -0.245. The van der Waals surface area contributed by atoms with Gasteiger partial charge in [0.15, 0.2) is 29.6 Å². The molecule has 1 amide bonds. The number of carbonyl (C=O) groups excluding carboxylic acids is 1. The lowest BCUT2D eigenvalue weighted by atomic mass is 9.99. The first kappa shape index (κ1) is 36.6. The number of halogens is 5. The smallest absolute Gasteiger partial charge is 0.338 e. The van der Waals surface area contributed by atoms with Crippen LogP contribution in [-0.2, 0) is 22.6 Å². The van der Waals surface area contributed by atoms with Crippen molar-refractivity contribution < 1.29 is 51.2 Å². The van der Waals surface area contributed by atoms with Gasteiger partial charge in [0, 0.05) is 30.5 Å². The predicted octanol–water partition coefficient (Wildman–Crippen LogP) is 7.90. The Bertz CT molecular complexity index is 2090. The van der Waals surface area contributed by atoms with E-state index in [1.165, 1.54) is 24.0 Å². The third-order valence-electron chi connectivity index (χ3n) is 8.33. The van der Waals surface area contributed by atoms with Crippen LogP contribution in [0.2, 0.25) is 0 Å². The Labute approximate surface area is 298 Å². The molecular formula is C38H29F5N2O6S. The summed E-state index contributed by atoms with van der Waals surface area (Å²) in [5.74, 6) is -13.4. The minimum atomic E-state index is -2.36. The van der Waals surface area contributed by atoms with Gasteiger partial charge >= 0.3 is 5.97 Å². The van der Waals surface area contributed by atoms with E-state index in [1.54, 1.807) is 48.5 Å². The standard InChI is InChI=1S/C38H29F5N2O6S/c39-30-29(31(40)33(42)34(43)32(30)41)35(47)45-17-21-4-1-5-23(14-21)24-6-2-7-25(15-24)38-50-26(19-52-36-27(37(48)49)8-3-13-44-36)16-28(51-38)22-11-9-20(18-46)10-12-22/h1-15,26,28,38,46H,16-19H2,(H,45,47)(H,48,49)/t26-,28+,38+/m1/s1. The zero-order valence-corrected chi connectivity index (χ0v) is 27.8. The van der Waals surface area contributed by atoms with Crippen molar-refractivity contribution in [3.05, 3.63) is 154 Å². The highest BCUT2D eigenvalue weighted by atomic mass is 32.2. The van der Waals surface area contributed by atoms with Crippen LogP contribution in [0.15, 0.2) is 96.2 Å². The molecular weight excluding hydrogens is 707 g/mol. The number of aromatic carboxylic acids is 1. The Morgan fingerprint density at radius 2 is 1.46 bits per heavy atom. The number of thioether (sulfide) groups is 1. The number of nitrogens with zero attached hydrogens (tertiary/aromatic N) is 1. The second-order valence-electron chi connectivity index (χ2n) is 11.8. The number of benzene rings is 4. The van der Waals surface area contributed by atoms with E-state index in [-0.39, 0.29) is 24.8 Å². The molecule has 14 heteroatoms. The highest BCUT2D eigenvalue weighted by Crippen LogP contribution is 2.40. The van der Waals surface area contributed by atoms with E-state index in [0.29, 0.717) is 33.9 Å². The lowest BCUT2D eigenvalue weighted by Crippen LogP contribution is -2.31. The van der Waals surface area contributed by atoms with Crippen LogP contribution in [-0.4, -0.2) is 38.9 Å². The van der Waals surface area contributed by atoms with Gasteiger partial charge in [-0.15, -0.1) is 11.8 Å². The van der Waals surface area contributed by atoms with Crippen molar-refractivity contribution in [1.82, 2.24) is 10.3 Å². The van der Waals surface area contributed by atoms with Gasteiger partial charge in [0.25, 0.3) is 5.91 Å². The molecule has 4 aromatic carbocycles. The third-order valence-corrected chi connectivity index (χ3v) is 9.47. The Morgan fingerprint density at radius 3 is 2.15 bits per heavy atom. The molecule has 2 heterocycles. The molecule has 3 N–H and O–H groups in total. The average molecular weight is 737 g/mol. The van der Waals surface area contributed by atoms with Gasteiger partial charge in [-0.3, -0.25) is 4.79 Å². The topological polar surface area (TPSA) is 118 Å². The number of carbonyl (C=O) groups is 2. The molecule has 1 aromatic heterocycles. The molecule has 0 radical (unpaired) electrons. The number of aromatic nitrogens is 1. The maximum atomic E-state index is 14.2. The molecule has 268 valence electrons. The fourth-order valence-corrected chi connectivity index (χ4v) is 6.67. The Morgan fingerprint density at radius 1 is 0.788 bits per heavy atom. The predicted molar refractivity (Wildman–Crippen MR) is 180 cm³/mol. The van der Waals surface area contributed by atoms with Gasteiger partial charge in [0.2, 0.25) is 5.82 Å². The molecule has 6 rings (SSSR count). The zero-order valence-electron chi connectivity index (χ0n) is 27.0. The first-order chi connectivity index (χ1) is 25.0. The first-order valence-corrected chi connectivity index (χ1v) is 16.8. The summed E-state index contributed by atoms with van der Waals surface area (Å²) in [6, 6.07) is 24.5. The summed E-state index contributed by atoms with van der Waals surface area (Å²) in [5, 5.41) is 21.7. The number of aliphatic hydroxyl groups is 1. The molecule has 0 bridgehead atoms. The van der Waals surface area contributed by atoms with Crippen molar-refractivity contribution in [2.45, 2.75) is 43.1 Å². The molecule has 3 atom stereocenters. The first-order valence-electron chi connectivity index (χ1n) is 15.8. The van der Waals surface area contributed by atoms with Crippen LogP contribution in [0.25, 0.3) is 11.1 Å². The summed E-state index contributed by atoms with van der Waals surface area (Å²) < 4.78 is 81.9. The molecule has 0 aliphatic carbocycles. The molecule has 5 aromatic rings. The summed E-state index contributed by atoms with van der Waals surface area (Å²) >= 11 is 1.26. The number of pyridine rings is 1. The molecule has 0 spiro atoms. The SMILES string of the molecule is O=C(O)c1cccnc1SC[C@H]1C[C@@H](c2ccc(CO)cc2)O[C@@H](c2cccc(-c3cccc(CNC(=O)c4c(F)c(F)c(F)c(F)c4F)c3)c2)O1. The van der Waals surface area contributed by atoms with Crippen LogP contribution in [0, 0.1) is 29.1 Å². The Hall–Kier alpha value is -5.15. The van der Waals surface area contributed by atoms with E-state index >= 15 is 0 Å². The molecule has 1 saturated heterocycles. The fourth-order valence-electron chi connectivity index (χ4n) is 5.66. The van der Waals surface area contributed by atoms with Gasteiger partial charge < -0.3 is 25.0 Å². The van der Waals surface area contributed by atoms with E-state index in [1.807, 2.05) is 30.3 Å². The minimum absolute atomic E-state index is 0.0827. The number of nitrogens with one attached hydrogen (secondary N) is 1. The zero-order chi connectivity index (χ0) is 36.9. The number of hydrogen-bond acceptors (Lipinski definition) is 7. The lowest BCUT2D eigenvalue weighted by Gasteiger charge is -2.36. The molecule has 1 aliphatic rings. The second kappa shape index (κ2) is 16.0. The van der Waals surface area contributed by atoms with Crippen molar-refractivity contribution >= 4 is 23.6 Å². The van der Waals surface area contributed by atoms with Crippen LogP contribution >= 0.6 is 11.8 Å². The quantitative estimate of drug-likeness (QED) is 0.0543. The summed E-state index contributed by atoms with van der Waals surface area (Å²) in [6.07, 6.45) is 0.343. The van der Waals surface area contributed by atoms with Crippen LogP contribution in [0.3, 0.4) is 0 Å². The average Bonchev–Trinajstić information content (AvgIpc) is 3.18. The number of hydrogen-bond donors (Lipinski definition) is 3. The van der Waals surface area contributed by atoms with Crippen LogP contribution in [0.5, 0.6) is 0 Å². The highest BCUT2D eigenvalue weighted by molar-refractivity contribution is 7.99. The third kappa shape index (κ3) is 8.00. The van der Waals surface area contributed by atoms with Crippen LogP contribution in [0.4, 0.5) is 22.0 Å². The van der Waals surface area contributed by atoms with E-state index in [2.05, 4.69) is 10.3 Å². The van der Waals surface area contributed by atoms with E-state index < -0.39 is 58.9 Å². The minimum Gasteiger partial charge on any atom is -0.478 e. The van der Waals surface area contributed by atoms with Crippen molar-refractivity contribution in [2.24, 2.45) is 0 Å². The maximum absolute atomic E-state index is 14.2. The number of rotatable bonds is 11. The maximum Gasteiger partial charge on any atom is 0.338 e. The normalized spacial score (nSPS) is 17.2. The number of aliphatic hydroxyl groups excluding tert-OH is 1. The van der Waals surface area contributed by atoms with Crippen molar-refractivity contribution in [3.63, 3.8) is 0 Å². The number of ether oxygens (including phenoxy) is 2. The monoisotopic (exact) mass is 736 g/mol. The van der Waals surface area contributed by atoms with E-state index in [9.17, 15) is 41.8 Å². The van der Waals surface area contributed by atoms with Crippen LogP contribution < -0.4 is 5.32 Å². The fraction of sp³-hybridized carbons (Fsp3) is 0.184. The second-order valence-corrected chi connectivity index (χ2v) is 12.8. The van der Waals surface area contributed by atoms with E-state index in [4.69, 9.17) is 9.47 Å². The molecule has 8 nitrogen and oxygen atoms in total. The van der Waals surface area contributed by atoms with Crippen molar-refractivity contribution in [3.8, 4) is 11.1 Å². The van der Waals surface area contributed by atoms with Crippen LogP contribution in [0.1, 0.15) is 61.8 Å². The summed E-state index contributed by atoms with van der Waals surface area (Å²) in [4.78, 5) is 28.5. The molecule has 1 aliphatic heterocycles. The number of carboxylic acids is 1. The van der Waals surface area contributed by atoms with E-state index in [0.717, 1.165) is 16.7 Å². The Kier molecular flexibility index (Phi) is 11.3. The van der Waals surface area contributed by atoms with Gasteiger partial charge in [0.1, 0.15) is 10.6 Å². The molecule has 52 heavy (non-hydrogen) atoms. The number of carboxylic acid groups (broad SMARTS) is 1. The van der Waals surface area contributed by atoms with Gasteiger partial charge in [-0.1, -0.05) is 60.7 Å². The Balaban J connectivity index is 1.21. The van der Waals surface area contributed by atoms with Crippen molar-refractivity contribution in [1.29, 1.82) is 0 Å². The molecule has 0 unspecified atom stereocenters. The summed E-state index contributed by atoms with van der Waals surface area (Å²) in [5.41, 5.74) is 2.65. The molecule has 1 fully saturated rings. The largest absolute Gasteiger partial charge is 0.478 e.